The molecular weight excluding hydrogens is 395 g/mol. The van der Waals surface area contributed by atoms with Crippen LogP contribution in [0.15, 0.2) is 22.7 Å². The fourth-order valence-electron chi connectivity index (χ4n) is 1.48. The first kappa shape index (κ1) is 14.9. The minimum Gasteiger partial charge on any atom is -0.324 e. The van der Waals surface area contributed by atoms with Crippen LogP contribution in [0, 0.1) is 3.57 Å². The van der Waals surface area contributed by atoms with Crippen molar-refractivity contribution in [3.63, 3.8) is 0 Å². The Bertz CT molecular complexity index is 421. The van der Waals surface area contributed by atoms with E-state index < -0.39 is 5.54 Å². The van der Waals surface area contributed by atoms with E-state index in [0.29, 0.717) is 6.42 Å². The summed E-state index contributed by atoms with van der Waals surface area (Å²) in [5, 5.41) is 2.84. The highest BCUT2D eigenvalue weighted by Gasteiger charge is 2.27. The Morgan fingerprint density at radius 2 is 2.24 bits per heavy atom. The zero-order valence-corrected chi connectivity index (χ0v) is 13.6. The average Bonchev–Trinajstić information content (AvgIpc) is 2.23. The summed E-state index contributed by atoms with van der Waals surface area (Å²) in [5.74, 6) is -0.146. The maximum atomic E-state index is 12.0. The van der Waals surface area contributed by atoms with E-state index in [1.807, 2.05) is 25.1 Å². The van der Waals surface area contributed by atoms with Gasteiger partial charge in [0.2, 0.25) is 5.91 Å². The lowest BCUT2D eigenvalue weighted by atomic mass is 9.96. The van der Waals surface area contributed by atoms with Gasteiger partial charge in [0.1, 0.15) is 0 Å². The lowest BCUT2D eigenvalue weighted by Crippen LogP contribution is -2.48. The van der Waals surface area contributed by atoms with Gasteiger partial charge in [-0.25, -0.2) is 0 Å². The molecule has 0 aliphatic rings. The molecule has 0 saturated carbocycles. The molecule has 5 heteroatoms. The van der Waals surface area contributed by atoms with E-state index in [4.69, 9.17) is 5.73 Å². The van der Waals surface area contributed by atoms with E-state index in [1.54, 1.807) is 6.92 Å². The van der Waals surface area contributed by atoms with Gasteiger partial charge in [0.05, 0.1) is 5.54 Å². The molecule has 0 fully saturated rings. The SMILES string of the molecule is CCCC(C)(N)C(=O)Nc1ccc(I)c(Br)c1. The van der Waals surface area contributed by atoms with E-state index >= 15 is 0 Å². The molecule has 1 atom stereocenters. The van der Waals surface area contributed by atoms with E-state index in [2.05, 4.69) is 43.8 Å². The van der Waals surface area contributed by atoms with Gasteiger partial charge in [0, 0.05) is 13.7 Å². The van der Waals surface area contributed by atoms with Crippen molar-refractivity contribution in [1.82, 2.24) is 0 Å². The number of halogens is 2. The lowest BCUT2D eigenvalue weighted by Gasteiger charge is -2.22. The van der Waals surface area contributed by atoms with Gasteiger partial charge in [-0.15, -0.1) is 0 Å². The van der Waals surface area contributed by atoms with Crippen LogP contribution in [0.4, 0.5) is 5.69 Å². The predicted octanol–water partition coefficient (Wildman–Crippen LogP) is 3.51. The summed E-state index contributed by atoms with van der Waals surface area (Å²) in [7, 11) is 0. The Kier molecular flexibility index (Phi) is 5.40. The Morgan fingerprint density at radius 1 is 1.59 bits per heavy atom. The third-order valence-corrected chi connectivity index (χ3v) is 4.80. The van der Waals surface area contributed by atoms with Gasteiger partial charge in [-0.1, -0.05) is 13.3 Å². The Morgan fingerprint density at radius 3 is 2.76 bits per heavy atom. The Balaban J connectivity index is 2.77. The van der Waals surface area contributed by atoms with Crippen LogP contribution in [0.25, 0.3) is 0 Å². The first-order valence-corrected chi connectivity index (χ1v) is 7.29. The maximum Gasteiger partial charge on any atom is 0.244 e. The molecule has 1 rings (SSSR count). The molecule has 0 bridgehead atoms. The van der Waals surface area contributed by atoms with Crippen LogP contribution in [-0.2, 0) is 4.79 Å². The lowest BCUT2D eigenvalue weighted by molar-refractivity contribution is -0.120. The van der Waals surface area contributed by atoms with Crippen LogP contribution < -0.4 is 11.1 Å². The fourth-order valence-corrected chi connectivity index (χ4v) is 2.19. The molecule has 94 valence electrons. The summed E-state index contributed by atoms with van der Waals surface area (Å²) in [6, 6.07) is 5.68. The van der Waals surface area contributed by atoms with Crippen LogP contribution >= 0.6 is 38.5 Å². The first-order chi connectivity index (χ1) is 7.86. The average molecular weight is 411 g/mol. The number of amides is 1. The number of nitrogens with one attached hydrogen (secondary N) is 1. The van der Waals surface area contributed by atoms with Gasteiger partial charge in [0.25, 0.3) is 0 Å². The summed E-state index contributed by atoms with van der Waals surface area (Å²) in [4.78, 5) is 12.0. The number of hydrogen-bond acceptors (Lipinski definition) is 2. The minimum atomic E-state index is -0.815. The highest BCUT2D eigenvalue weighted by molar-refractivity contribution is 14.1. The van der Waals surface area contributed by atoms with Crippen molar-refractivity contribution in [1.29, 1.82) is 0 Å². The van der Waals surface area contributed by atoms with Crippen LogP contribution in [0.1, 0.15) is 26.7 Å². The van der Waals surface area contributed by atoms with Crippen molar-refractivity contribution in [2.24, 2.45) is 5.73 Å². The summed E-state index contributed by atoms with van der Waals surface area (Å²) >= 11 is 5.65. The minimum absolute atomic E-state index is 0.146. The molecule has 1 unspecified atom stereocenters. The molecule has 0 spiro atoms. The van der Waals surface area contributed by atoms with Crippen LogP contribution in [0.5, 0.6) is 0 Å². The molecule has 0 saturated heterocycles. The summed E-state index contributed by atoms with van der Waals surface area (Å²) in [6.45, 7) is 3.77. The number of carbonyl (C=O) groups is 1. The standard InChI is InChI=1S/C12H16BrIN2O/c1-3-6-12(2,15)11(17)16-8-4-5-10(14)9(13)7-8/h4-5,7H,3,6,15H2,1-2H3,(H,16,17). The van der Waals surface area contributed by atoms with E-state index in [0.717, 1.165) is 20.2 Å². The molecule has 3 nitrogen and oxygen atoms in total. The van der Waals surface area contributed by atoms with Gasteiger partial charge in [-0.05, 0) is 70.1 Å². The van der Waals surface area contributed by atoms with Crippen molar-refractivity contribution >= 4 is 50.1 Å². The monoisotopic (exact) mass is 410 g/mol. The molecule has 1 aromatic carbocycles. The summed E-state index contributed by atoms with van der Waals surface area (Å²) in [5.41, 5.74) is 5.91. The van der Waals surface area contributed by atoms with Gasteiger partial charge in [-0.2, -0.15) is 0 Å². The van der Waals surface area contributed by atoms with Crippen LogP contribution in [-0.4, -0.2) is 11.4 Å². The third kappa shape index (κ3) is 4.22. The van der Waals surface area contributed by atoms with E-state index in [1.165, 1.54) is 0 Å². The molecule has 0 aromatic heterocycles. The van der Waals surface area contributed by atoms with Crippen molar-refractivity contribution < 1.29 is 4.79 Å². The van der Waals surface area contributed by atoms with Gasteiger partial charge >= 0.3 is 0 Å². The first-order valence-electron chi connectivity index (χ1n) is 5.42. The summed E-state index contributed by atoms with van der Waals surface area (Å²) < 4.78 is 2.06. The predicted molar refractivity (Wildman–Crippen MR) is 83.0 cm³/mol. The number of anilines is 1. The Labute approximate surface area is 124 Å². The summed E-state index contributed by atoms with van der Waals surface area (Å²) in [6.07, 6.45) is 1.56. The molecule has 0 aliphatic heterocycles. The van der Waals surface area contributed by atoms with Gasteiger partial charge in [0.15, 0.2) is 0 Å². The molecule has 0 heterocycles. The van der Waals surface area contributed by atoms with Crippen molar-refractivity contribution in [3.8, 4) is 0 Å². The molecular formula is C12H16BrIN2O. The Hall–Kier alpha value is -0.140. The molecule has 0 aliphatic carbocycles. The third-order valence-electron chi connectivity index (χ3n) is 2.47. The topological polar surface area (TPSA) is 55.1 Å². The fraction of sp³-hybridized carbons (Fsp3) is 0.417. The zero-order valence-electron chi connectivity index (χ0n) is 9.89. The van der Waals surface area contributed by atoms with E-state index in [-0.39, 0.29) is 5.91 Å². The number of nitrogens with two attached hydrogens (primary N) is 1. The number of rotatable bonds is 4. The largest absolute Gasteiger partial charge is 0.324 e. The van der Waals surface area contributed by atoms with Crippen molar-refractivity contribution in [3.05, 3.63) is 26.2 Å². The number of carbonyl (C=O) groups excluding carboxylic acids is 1. The zero-order chi connectivity index (χ0) is 13.1. The molecule has 17 heavy (non-hydrogen) atoms. The second-order valence-corrected chi connectivity index (χ2v) is 6.27. The van der Waals surface area contributed by atoms with Crippen LogP contribution in [0.3, 0.4) is 0 Å². The van der Waals surface area contributed by atoms with Crippen LogP contribution in [0.2, 0.25) is 0 Å². The molecule has 3 N–H and O–H groups in total. The number of benzene rings is 1. The van der Waals surface area contributed by atoms with Gasteiger partial charge < -0.3 is 11.1 Å². The normalized spacial score (nSPS) is 14.2. The van der Waals surface area contributed by atoms with Crippen molar-refractivity contribution in [2.75, 3.05) is 5.32 Å². The second kappa shape index (κ2) is 6.15. The number of hydrogen-bond donors (Lipinski definition) is 2. The molecule has 1 amide bonds. The van der Waals surface area contributed by atoms with E-state index in [9.17, 15) is 4.79 Å². The quantitative estimate of drug-likeness (QED) is 0.746. The highest BCUT2D eigenvalue weighted by Crippen LogP contribution is 2.23. The van der Waals surface area contributed by atoms with Crippen molar-refractivity contribution in [2.45, 2.75) is 32.2 Å². The smallest absolute Gasteiger partial charge is 0.244 e. The maximum absolute atomic E-state index is 12.0. The molecule has 1 aromatic rings. The second-order valence-electron chi connectivity index (χ2n) is 4.25. The molecule has 0 radical (unpaired) electrons. The van der Waals surface area contributed by atoms with Gasteiger partial charge in [-0.3, -0.25) is 4.79 Å². The highest BCUT2D eigenvalue weighted by atomic mass is 127.